The normalized spacial score (nSPS) is 11.1. The molecule has 1 heteroatoms. The van der Waals surface area contributed by atoms with Crippen LogP contribution in [0.4, 0.5) is 0 Å². The Bertz CT molecular complexity index is 447. The second kappa shape index (κ2) is 4.79. The molecule has 1 rings (SSSR count). The molecule has 1 aromatic rings. The van der Waals surface area contributed by atoms with E-state index in [0.717, 1.165) is 17.0 Å². The number of hydrogen-bond acceptors (Lipinski definition) is 1. The number of nitrogens with one attached hydrogen (secondary N) is 1. The molecule has 17 heavy (non-hydrogen) atoms. The molecular weight excluding hydrogens is 206 g/mol. The minimum atomic E-state index is 0.187. The van der Waals surface area contributed by atoms with Gasteiger partial charge in [0.15, 0.2) is 0 Å². The fourth-order valence-electron chi connectivity index (χ4n) is 1.79. The highest BCUT2D eigenvalue weighted by Crippen LogP contribution is 2.26. The van der Waals surface area contributed by atoms with E-state index in [1.165, 1.54) is 11.1 Å². The summed E-state index contributed by atoms with van der Waals surface area (Å²) in [5.41, 5.74) is 5.76. The molecule has 1 N–H and O–H groups in total. The topological polar surface area (TPSA) is 12.0 Å². The molecule has 0 bridgehead atoms. The van der Waals surface area contributed by atoms with Crippen LogP contribution in [0.1, 0.15) is 44.4 Å². The third-order valence-electron chi connectivity index (χ3n) is 2.78. The van der Waals surface area contributed by atoms with Crippen molar-refractivity contribution in [3.05, 3.63) is 53.7 Å². The van der Waals surface area contributed by atoms with Crippen LogP contribution in [0.2, 0.25) is 0 Å². The smallest absolute Gasteiger partial charge is 0.0384 e. The standard InChI is InChI=1S/C16H23N/c1-11(2)17-13(4)15-9-8-14(10-12(15)3)16(5,6)7/h8-10,17H,1,4H2,2-3,5-7H3. The molecule has 0 spiro atoms. The zero-order valence-corrected chi connectivity index (χ0v) is 11.6. The monoisotopic (exact) mass is 229 g/mol. The maximum atomic E-state index is 4.05. The molecule has 1 nitrogen and oxygen atoms in total. The van der Waals surface area contributed by atoms with Crippen molar-refractivity contribution < 1.29 is 0 Å². The second-order valence-electron chi connectivity index (χ2n) is 5.66. The second-order valence-corrected chi connectivity index (χ2v) is 5.66. The van der Waals surface area contributed by atoms with Gasteiger partial charge in [-0.05, 0) is 30.4 Å². The van der Waals surface area contributed by atoms with Crippen molar-refractivity contribution in [2.45, 2.75) is 40.0 Å². The van der Waals surface area contributed by atoms with Gasteiger partial charge in [-0.2, -0.15) is 0 Å². The highest BCUT2D eigenvalue weighted by Gasteiger charge is 2.14. The summed E-state index contributed by atoms with van der Waals surface area (Å²) in [5, 5.41) is 3.17. The van der Waals surface area contributed by atoms with Gasteiger partial charge >= 0.3 is 0 Å². The summed E-state index contributed by atoms with van der Waals surface area (Å²) in [6.45, 7) is 18.6. The summed E-state index contributed by atoms with van der Waals surface area (Å²) in [6.07, 6.45) is 0. The molecule has 0 fully saturated rings. The van der Waals surface area contributed by atoms with Crippen LogP contribution in [0.15, 0.2) is 37.1 Å². The minimum absolute atomic E-state index is 0.187. The third-order valence-corrected chi connectivity index (χ3v) is 2.78. The Morgan fingerprint density at radius 1 is 1.18 bits per heavy atom. The predicted molar refractivity (Wildman–Crippen MR) is 76.9 cm³/mol. The van der Waals surface area contributed by atoms with Crippen LogP contribution in [0.3, 0.4) is 0 Å². The lowest BCUT2D eigenvalue weighted by Crippen LogP contribution is -2.13. The molecule has 0 aliphatic heterocycles. The summed E-state index contributed by atoms with van der Waals surface area (Å²) in [6, 6.07) is 6.54. The van der Waals surface area contributed by atoms with Gasteiger partial charge in [0.25, 0.3) is 0 Å². The van der Waals surface area contributed by atoms with Crippen molar-refractivity contribution in [3.63, 3.8) is 0 Å². The Kier molecular flexibility index (Phi) is 3.82. The average molecular weight is 229 g/mol. The number of hydrogen-bond donors (Lipinski definition) is 1. The van der Waals surface area contributed by atoms with Gasteiger partial charge in [0.05, 0.1) is 0 Å². The molecule has 0 saturated carbocycles. The van der Waals surface area contributed by atoms with Crippen molar-refractivity contribution >= 4 is 5.70 Å². The Balaban J connectivity index is 3.06. The maximum Gasteiger partial charge on any atom is 0.0384 e. The largest absolute Gasteiger partial charge is 0.360 e. The first-order valence-corrected chi connectivity index (χ1v) is 5.95. The minimum Gasteiger partial charge on any atom is -0.360 e. The molecule has 0 aromatic heterocycles. The summed E-state index contributed by atoms with van der Waals surface area (Å²) in [7, 11) is 0. The molecule has 0 amide bonds. The molecule has 0 unspecified atom stereocenters. The molecule has 0 aliphatic rings. The maximum absolute atomic E-state index is 4.05. The van der Waals surface area contributed by atoms with Crippen LogP contribution < -0.4 is 5.32 Å². The van der Waals surface area contributed by atoms with E-state index >= 15 is 0 Å². The van der Waals surface area contributed by atoms with E-state index in [1.54, 1.807) is 0 Å². The molecule has 0 atom stereocenters. The van der Waals surface area contributed by atoms with E-state index in [1.807, 2.05) is 6.92 Å². The van der Waals surface area contributed by atoms with Crippen molar-refractivity contribution in [1.29, 1.82) is 0 Å². The van der Waals surface area contributed by atoms with Crippen LogP contribution in [0.25, 0.3) is 5.70 Å². The van der Waals surface area contributed by atoms with Gasteiger partial charge in [-0.3, -0.25) is 0 Å². The van der Waals surface area contributed by atoms with E-state index in [9.17, 15) is 0 Å². The first-order valence-electron chi connectivity index (χ1n) is 5.95. The van der Waals surface area contributed by atoms with Crippen LogP contribution in [0, 0.1) is 6.92 Å². The zero-order chi connectivity index (χ0) is 13.2. The number of benzene rings is 1. The SMILES string of the molecule is C=C(C)NC(=C)c1ccc(C(C)(C)C)cc1C. The quantitative estimate of drug-likeness (QED) is 0.810. The lowest BCUT2D eigenvalue weighted by molar-refractivity contribution is 0.589. The highest BCUT2D eigenvalue weighted by atomic mass is 14.9. The lowest BCUT2D eigenvalue weighted by atomic mass is 9.85. The Labute approximate surface area is 105 Å². The number of allylic oxidation sites excluding steroid dienone is 1. The molecule has 0 saturated heterocycles. The predicted octanol–water partition coefficient (Wildman–Crippen LogP) is 4.39. The fraction of sp³-hybridized carbons (Fsp3) is 0.375. The first kappa shape index (κ1) is 13.6. The zero-order valence-electron chi connectivity index (χ0n) is 11.6. The van der Waals surface area contributed by atoms with Gasteiger partial charge in [0.1, 0.15) is 0 Å². The van der Waals surface area contributed by atoms with Crippen molar-refractivity contribution in [2.75, 3.05) is 0 Å². The molecule has 0 aliphatic carbocycles. The Morgan fingerprint density at radius 3 is 2.18 bits per heavy atom. The summed E-state index contributed by atoms with van der Waals surface area (Å²) in [5.74, 6) is 0. The molecule has 92 valence electrons. The van der Waals surface area contributed by atoms with Gasteiger partial charge in [-0.1, -0.05) is 52.1 Å². The van der Waals surface area contributed by atoms with Crippen LogP contribution in [-0.4, -0.2) is 0 Å². The first-order chi connectivity index (χ1) is 7.71. The van der Waals surface area contributed by atoms with Gasteiger partial charge < -0.3 is 5.32 Å². The summed E-state index contributed by atoms with van der Waals surface area (Å²) >= 11 is 0. The molecular formula is C16H23N. The van der Waals surface area contributed by atoms with Gasteiger partial charge in [0.2, 0.25) is 0 Å². The lowest BCUT2D eigenvalue weighted by Gasteiger charge is -2.21. The van der Waals surface area contributed by atoms with Crippen LogP contribution in [0.5, 0.6) is 0 Å². The van der Waals surface area contributed by atoms with Crippen LogP contribution in [-0.2, 0) is 5.41 Å². The van der Waals surface area contributed by atoms with Crippen molar-refractivity contribution in [1.82, 2.24) is 5.32 Å². The third kappa shape index (κ3) is 3.48. The van der Waals surface area contributed by atoms with Crippen molar-refractivity contribution in [2.24, 2.45) is 0 Å². The molecule has 0 radical (unpaired) electrons. The van der Waals surface area contributed by atoms with E-state index in [0.29, 0.717) is 0 Å². The van der Waals surface area contributed by atoms with E-state index in [-0.39, 0.29) is 5.41 Å². The van der Waals surface area contributed by atoms with Gasteiger partial charge in [0, 0.05) is 17.0 Å². The van der Waals surface area contributed by atoms with E-state index in [4.69, 9.17) is 0 Å². The average Bonchev–Trinajstić information content (AvgIpc) is 2.14. The Hall–Kier alpha value is -1.50. The van der Waals surface area contributed by atoms with Crippen LogP contribution >= 0.6 is 0 Å². The highest BCUT2D eigenvalue weighted by molar-refractivity contribution is 5.66. The molecule has 0 heterocycles. The number of aryl methyl sites for hydroxylation is 1. The van der Waals surface area contributed by atoms with Crippen molar-refractivity contribution in [3.8, 4) is 0 Å². The molecule has 1 aromatic carbocycles. The summed E-state index contributed by atoms with van der Waals surface area (Å²) in [4.78, 5) is 0. The number of rotatable bonds is 3. The summed E-state index contributed by atoms with van der Waals surface area (Å²) < 4.78 is 0. The Morgan fingerprint density at radius 2 is 1.76 bits per heavy atom. The van der Waals surface area contributed by atoms with E-state index < -0.39 is 0 Å². The fourth-order valence-corrected chi connectivity index (χ4v) is 1.79. The van der Waals surface area contributed by atoms with E-state index in [2.05, 4.69) is 64.4 Å². The van der Waals surface area contributed by atoms with Gasteiger partial charge in [-0.25, -0.2) is 0 Å². The van der Waals surface area contributed by atoms with Gasteiger partial charge in [-0.15, -0.1) is 0 Å².